The predicted molar refractivity (Wildman–Crippen MR) is 46.1 cm³/mol. The second-order valence-corrected chi connectivity index (χ2v) is 2.12. The van der Waals surface area contributed by atoms with Gasteiger partial charge >= 0.3 is 0 Å². The Hall–Kier alpha value is -0.330. The highest BCUT2D eigenvalue weighted by molar-refractivity contribution is 5.78. The van der Waals surface area contributed by atoms with E-state index in [0.717, 1.165) is 12.8 Å². The van der Waals surface area contributed by atoms with Gasteiger partial charge in [0.1, 0.15) is 5.78 Å². The molecule has 0 amide bonds. The number of hydrogen-bond donors (Lipinski definition) is 0. The van der Waals surface area contributed by atoms with Crippen molar-refractivity contribution in [2.24, 2.45) is 5.92 Å². The average molecular weight is 144 g/mol. The summed E-state index contributed by atoms with van der Waals surface area (Å²) >= 11 is 0. The summed E-state index contributed by atoms with van der Waals surface area (Å²) in [7, 11) is 0. The van der Waals surface area contributed by atoms with E-state index in [4.69, 9.17) is 0 Å². The van der Waals surface area contributed by atoms with E-state index in [1.54, 1.807) is 6.92 Å². The van der Waals surface area contributed by atoms with Crippen molar-refractivity contribution in [1.82, 2.24) is 0 Å². The monoisotopic (exact) mass is 144 g/mol. The molecule has 0 rings (SSSR count). The molecule has 0 heterocycles. The lowest BCUT2D eigenvalue weighted by Crippen LogP contribution is -2.07. The van der Waals surface area contributed by atoms with Crippen LogP contribution in [0.25, 0.3) is 0 Å². The molecule has 0 aromatic rings. The number of hydrogen-bond acceptors (Lipinski definition) is 1. The van der Waals surface area contributed by atoms with E-state index in [2.05, 4.69) is 13.8 Å². The Bertz CT molecular complexity index is 72.8. The first-order valence-corrected chi connectivity index (χ1v) is 4.22. The van der Waals surface area contributed by atoms with Crippen LogP contribution in [0.15, 0.2) is 0 Å². The fraction of sp³-hybridized carbons (Fsp3) is 0.889. The molecule has 0 saturated carbocycles. The van der Waals surface area contributed by atoms with Crippen LogP contribution in [-0.4, -0.2) is 5.78 Å². The molecule has 62 valence electrons. The van der Waals surface area contributed by atoms with Crippen molar-refractivity contribution in [3.05, 3.63) is 0 Å². The molecule has 10 heavy (non-hydrogen) atoms. The van der Waals surface area contributed by atoms with Gasteiger partial charge in [-0.15, -0.1) is 0 Å². The van der Waals surface area contributed by atoms with Gasteiger partial charge in [0.2, 0.25) is 0 Å². The molecule has 0 radical (unpaired) electrons. The zero-order chi connectivity index (χ0) is 8.57. The summed E-state index contributed by atoms with van der Waals surface area (Å²) in [5.74, 6) is 0.644. The molecule has 1 heteroatoms. The summed E-state index contributed by atoms with van der Waals surface area (Å²) in [5, 5.41) is 0. The van der Waals surface area contributed by atoms with Crippen molar-refractivity contribution in [2.45, 2.75) is 47.5 Å². The molecular weight excluding hydrogens is 124 g/mol. The van der Waals surface area contributed by atoms with Crippen molar-refractivity contribution in [3.63, 3.8) is 0 Å². The van der Waals surface area contributed by atoms with Crippen LogP contribution in [0, 0.1) is 5.92 Å². The summed E-state index contributed by atoms with van der Waals surface area (Å²) in [6, 6.07) is 0. The van der Waals surface area contributed by atoms with Crippen LogP contribution in [-0.2, 0) is 4.79 Å². The number of Topliss-reactive ketones (excluding diaryl/α,β-unsaturated/α-hetero) is 1. The van der Waals surface area contributed by atoms with Gasteiger partial charge in [-0.1, -0.05) is 27.7 Å². The molecule has 0 saturated heterocycles. The molecule has 0 atom stereocenters. The van der Waals surface area contributed by atoms with Crippen LogP contribution in [0.5, 0.6) is 0 Å². The first-order chi connectivity index (χ1) is 4.72. The zero-order valence-electron chi connectivity index (χ0n) is 7.90. The molecular formula is C9H20O. The number of carbonyl (C=O) groups excluding carboxylic acids is 1. The molecule has 0 unspecified atom stereocenters. The Balaban J connectivity index is 0. The smallest absolute Gasteiger partial charge is 0.132 e. The van der Waals surface area contributed by atoms with E-state index in [9.17, 15) is 4.79 Å². The quantitative estimate of drug-likeness (QED) is 0.595. The highest BCUT2D eigenvalue weighted by Crippen LogP contribution is 2.06. The normalized spacial score (nSPS) is 8.60. The molecule has 0 fully saturated rings. The average Bonchev–Trinajstić information content (AvgIpc) is 1.94. The second kappa shape index (κ2) is 8.67. The van der Waals surface area contributed by atoms with Gasteiger partial charge in [0.25, 0.3) is 0 Å². The van der Waals surface area contributed by atoms with E-state index in [1.807, 2.05) is 13.8 Å². The van der Waals surface area contributed by atoms with Crippen LogP contribution < -0.4 is 0 Å². The minimum atomic E-state index is 0.315. The lowest BCUT2D eigenvalue weighted by atomic mass is 10.00. The number of ketones is 1. The van der Waals surface area contributed by atoms with Gasteiger partial charge in [-0.05, 0) is 19.8 Å². The van der Waals surface area contributed by atoms with E-state index < -0.39 is 0 Å². The summed E-state index contributed by atoms with van der Waals surface area (Å²) in [5.41, 5.74) is 0. The molecule has 0 spiro atoms. The summed E-state index contributed by atoms with van der Waals surface area (Å²) < 4.78 is 0. The number of rotatable bonds is 3. The van der Waals surface area contributed by atoms with Gasteiger partial charge in [0.15, 0.2) is 0 Å². The highest BCUT2D eigenvalue weighted by Gasteiger charge is 2.06. The van der Waals surface area contributed by atoms with Crippen LogP contribution in [0.1, 0.15) is 47.5 Å². The van der Waals surface area contributed by atoms with Crippen molar-refractivity contribution < 1.29 is 4.79 Å². The fourth-order valence-corrected chi connectivity index (χ4v) is 0.864. The number of carbonyl (C=O) groups is 1. The lowest BCUT2D eigenvalue weighted by molar-refractivity contribution is -0.120. The van der Waals surface area contributed by atoms with E-state index >= 15 is 0 Å². The van der Waals surface area contributed by atoms with Crippen molar-refractivity contribution >= 4 is 5.78 Å². The molecule has 1 nitrogen and oxygen atoms in total. The minimum Gasteiger partial charge on any atom is -0.300 e. The van der Waals surface area contributed by atoms with Gasteiger partial charge in [0.05, 0.1) is 0 Å². The molecule has 0 N–H and O–H groups in total. The first-order valence-electron chi connectivity index (χ1n) is 4.22. The minimum absolute atomic E-state index is 0.315. The third-order valence-corrected chi connectivity index (χ3v) is 1.56. The summed E-state index contributed by atoms with van der Waals surface area (Å²) in [6.07, 6.45) is 1.98. The lowest BCUT2D eigenvalue weighted by Gasteiger charge is -2.04. The van der Waals surface area contributed by atoms with Crippen LogP contribution >= 0.6 is 0 Å². The van der Waals surface area contributed by atoms with Gasteiger partial charge in [0, 0.05) is 5.92 Å². The zero-order valence-corrected chi connectivity index (χ0v) is 7.90. The Kier molecular flexibility index (Phi) is 10.7. The third kappa shape index (κ3) is 5.80. The maximum absolute atomic E-state index is 10.6. The first kappa shape index (κ1) is 12.4. The van der Waals surface area contributed by atoms with Gasteiger partial charge in [-0.3, -0.25) is 4.79 Å². The Morgan fingerprint density at radius 2 is 1.50 bits per heavy atom. The molecule has 0 aliphatic rings. The Morgan fingerprint density at radius 3 is 1.50 bits per heavy atom. The van der Waals surface area contributed by atoms with Gasteiger partial charge < -0.3 is 0 Å². The predicted octanol–water partition coefficient (Wildman–Crippen LogP) is 3.04. The van der Waals surface area contributed by atoms with Crippen molar-refractivity contribution in [1.29, 1.82) is 0 Å². The van der Waals surface area contributed by atoms with E-state index in [-0.39, 0.29) is 0 Å². The van der Waals surface area contributed by atoms with Gasteiger partial charge in [-0.25, -0.2) is 0 Å². The maximum atomic E-state index is 10.6. The second-order valence-electron chi connectivity index (χ2n) is 2.12. The Morgan fingerprint density at radius 1 is 1.20 bits per heavy atom. The van der Waals surface area contributed by atoms with E-state index in [0.29, 0.717) is 11.7 Å². The molecule has 0 aliphatic heterocycles. The third-order valence-electron chi connectivity index (χ3n) is 1.56. The topological polar surface area (TPSA) is 17.1 Å². The van der Waals surface area contributed by atoms with Crippen LogP contribution in [0.4, 0.5) is 0 Å². The van der Waals surface area contributed by atoms with Crippen LogP contribution in [0.2, 0.25) is 0 Å². The van der Waals surface area contributed by atoms with Crippen molar-refractivity contribution in [2.75, 3.05) is 0 Å². The largest absolute Gasteiger partial charge is 0.300 e. The molecule has 0 aliphatic carbocycles. The Labute approximate surface area is 64.8 Å². The molecule has 0 aromatic heterocycles. The molecule has 0 bridgehead atoms. The van der Waals surface area contributed by atoms with Gasteiger partial charge in [-0.2, -0.15) is 0 Å². The maximum Gasteiger partial charge on any atom is 0.132 e. The SMILES string of the molecule is CC.CCC(CC)C(C)=O. The molecule has 0 aromatic carbocycles. The highest BCUT2D eigenvalue weighted by atomic mass is 16.1. The fourth-order valence-electron chi connectivity index (χ4n) is 0.864. The summed E-state index contributed by atoms with van der Waals surface area (Å²) in [6.45, 7) is 9.77. The standard InChI is InChI=1S/C7H14O.C2H6/c1-4-7(5-2)6(3)8;1-2/h7H,4-5H2,1-3H3;1-2H3. The summed E-state index contributed by atoms with van der Waals surface area (Å²) in [4.78, 5) is 10.6. The van der Waals surface area contributed by atoms with E-state index in [1.165, 1.54) is 0 Å². The van der Waals surface area contributed by atoms with Crippen LogP contribution in [0.3, 0.4) is 0 Å². The van der Waals surface area contributed by atoms with Crippen molar-refractivity contribution in [3.8, 4) is 0 Å².